The molecule has 2 fully saturated rings. The van der Waals surface area contributed by atoms with Crippen LogP contribution in [0, 0.1) is 11.8 Å². The van der Waals surface area contributed by atoms with Gasteiger partial charge in [0.2, 0.25) is 0 Å². The van der Waals surface area contributed by atoms with Crippen molar-refractivity contribution >= 4 is 5.91 Å². The number of likely N-dealkylation sites (tertiary alicyclic amines) is 1. The number of piperidine rings is 1. The number of nitrogens with zero attached hydrogens (tertiary/aromatic N) is 2. The van der Waals surface area contributed by atoms with E-state index >= 15 is 0 Å². The van der Waals surface area contributed by atoms with Crippen molar-refractivity contribution in [2.45, 2.75) is 25.7 Å². The minimum atomic E-state index is 0.104. The average Bonchev–Trinajstić information content (AvgIpc) is 3.37. The fourth-order valence-corrected chi connectivity index (χ4v) is 3.31. The van der Waals surface area contributed by atoms with E-state index < -0.39 is 0 Å². The molecule has 3 rings (SSSR count). The van der Waals surface area contributed by atoms with E-state index in [9.17, 15) is 4.79 Å². The highest BCUT2D eigenvalue weighted by molar-refractivity contribution is 5.94. The SMILES string of the molecule is CN1CCCC(CN(C)C(=O)c2ccc(OCC3CC3)cc2)C1. The Kier molecular flexibility index (Phi) is 5.21. The Morgan fingerprint density at radius 2 is 1.96 bits per heavy atom. The molecular weight excluding hydrogens is 288 g/mol. The van der Waals surface area contributed by atoms with E-state index in [1.165, 1.54) is 32.2 Å². The van der Waals surface area contributed by atoms with Gasteiger partial charge in [-0.25, -0.2) is 0 Å². The van der Waals surface area contributed by atoms with Crippen LogP contribution < -0.4 is 4.74 Å². The largest absolute Gasteiger partial charge is 0.493 e. The normalized spacial score (nSPS) is 21.9. The van der Waals surface area contributed by atoms with Crippen LogP contribution in [0.3, 0.4) is 0 Å². The van der Waals surface area contributed by atoms with Gasteiger partial charge in [-0.2, -0.15) is 0 Å². The van der Waals surface area contributed by atoms with Gasteiger partial charge in [0.05, 0.1) is 6.61 Å². The molecule has 1 unspecified atom stereocenters. The summed E-state index contributed by atoms with van der Waals surface area (Å²) >= 11 is 0. The highest BCUT2D eigenvalue weighted by Gasteiger charge is 2.23. The maximum Gasteiger partial charge on any atom is 0.253 e. The fourth-order valence-electron chi connectivity index (χ4n) is 3.31. The van der Waals surface area contributed by atoms with Crippen LogP contribution >= 0.6 is 0 Å². The van der Waals surface area contributed by atoms with Crippen LogP contribution in [0.5, 0.6) is 5.75 Å². The Balaban J connectivity index is 1.51. The number of amides is 1. The lowest BCUT2D eigenvalue weighted by Crippen LogP contribution is -2.40. The van der Waals surface area contributed by atoms with Crippen molar-refractivity contribution in [1.29, 1.82) is 0 Å². The third kappa shape index (κ3) is 4.71. The van der Waals surface area contributed by atoms with Crippen molar-refractivity contribution in [2.24, 2.45) is 11.8 Å². The zero-order valence-electron chi connectivity index (χ0n) is 14.3. The predicted octanol–water partition coefficient (Wildman–Crippen LogP) is 2.89. The second kappa shape index (κ2) is 7.35. The van der Waals surface area contributed by atoms with E-state index in [2.05, 4.69) is 11.9 Å². The van der Waals surface area contributed by atoms with E-state index in [0.29, 0.717) is 5.92 Å². The summed E-state index contributed by atoms with van der Waals surface area (Å²) in [5.41, 5.74) is 0.746. The summed E-state index contributed by atoms with van der Waals surface area (Å²) in [5, 5.41) is 0. The standard InChI is InChI=1S/C19H28N2O2/c1-20-11-3-4-16(12-20)13-21(2)19(22)17-7-9-18(10-8-17)23-14-15-5-6-15/h7-10,15-16H,3-6,11-14H2,1-2H3. The van der Waals surface area contributed by atoms with Crippen molar-refractivity contribution in [1.82, 2.24) is 9.80 Å². The second-order valence-corrected chi connectivity index (χ2v) is 7.23. The molecule has 23 heavy (non-hydrogen) atoms. The van der Waals surface area contributed by atoms with Gasteiger partial charge in [-0.3, -0.25) is 4.79 Å². The van der Waals surface area contributed by atoms with Gasteiger partial charge >= 0.3 is 0 Å². The number of hydrogen-bond donors (Lipinski definition) is 0. The summed E-state index contributed by atoms with van der Waals surface area (Å²) in [7, 11) is 4.07. The van der Waals surface area contributed by atoms with Gasteiger partial charge in [-0.05, 0) is 75.4 Å². The van der Waals surface area contributed by atoms with E-state index in [4.69, 9.17) is 4.74 Å². The van der Waals surface area contributed by atoms with E-state index in [1.807, 2.05) is 36.2 Å². The quantitative estimate of drug-likeness (QED) is 0.809. The minimum absolute atomic E-state index is 0.104. The van der Waals surface area contributed by atoms with Crippen LogP contribution in [-0.4, -0.2) is 56.0 Å². The van der Waals surface area contributed by atoms with Crippen molar-refractivity contribution in [3.05, 3.63) is 29.8 Å². The van der Waals surface area contributed by atoms with Crippen LogP contribution in [0.1, 0.15) is 36.0 Å². The molecule has 1 aromatic rings. The van der Waals surface area contributed by atoms with E-state index in [0.717, 1.165) is 36.9 Å². The topological polar surface area (TPSA) is 32.8 Å². The van der Waals surface area contributed by atoms with Gasteiger partial charge in [-0.15, -0.1) is 0 Å². The number of carbonyl (C=O) groups is 1. The number of ether oxygens (including phenoxy) is 1. The smallest absolute Gasteiger partial charge is 0.253 e. The lowest BCUT2D eigenvalue weighted by molar-refractivity contribution is 0.0741. The Labute approximate surface area is 139 Å². The van der Waals surface area contributed by atoms with E-state index in [-0.39, 0.29) is 5.91 Å². The molecule has 1 amide bonds. The molecule has 0 radical (unpaired) electrons. The summed E-state index contributed by atoms with van der Waals surface area (Å²) in [6.45, 7) is 3.91. The minimum Gasteiger partial charge on any atom is -0.493 e. The first kappa shape index (κ1) is 16.3. The van der Waals surface area contributed by atoms with Gasteiger partial charge in [-0.1, -0.05) is 0 Å². The number of hydrogen-bond acceptors (Lipinski definition) is 3. The molecule has 0 aromatic heterocycles. The Morgan fingerprint density at radius 3 is 2.61 bits per heavy atom. The zero-order valence-corrected chi connectivity index (χ0v) is 14.3. The highest BCUT2D eigenvalue weighted by Crippen LogP contribution is 2.29. The fraction of sp³-hybridized carbons (Fsp3) is 0.632. The van der Waals surface area contributed by atoms with Gasteiger partial charge in [0.15, 0.2) is 0 Å². The maximum atomic E-state index is 12.6. The van der Waals surface area contributed by atoms with Gasteiger partial charge < -0.3 is 14.5 Å². The maximum absolute atomic E-state index is 12.6. The molecule has 0 bridgehead atoms. The number of benzene rings is 1. The first-order chi connectivity index (χ1) is 11.1. The molecule has 0 spiro atoms. The molecule has 1 aliphatic carbocycles. The zero-order chi connectivity index (χ0) is 16.2. The Morgan fingerprint density at radius 1 is 1.22 bits per heavy atom. The third-order valence-electron chi connectivity index (χ3n) is 4.88. The van der Waals surface area contributed by atoms with Crippen molar-refractivity contribution < 1.29 is 9.53 Å². The Bertz CT molecular complexity index is 525. The summed E-state index contributed by atoms with van der Waals surface area (Å²) in [6, 6.07) is 7.60. The van der Waals surface area contributed by atoms with Crippen molar-refractivity contribution in [2.75, 3.05) is 40.3 Å². The molecule has 126 valence electrons. The highest BCUT2D eigenvalue weighted by atomic mass is 16.5. The first-order valence-electron chi connectivity index (χ1n) is 8.78. The summed E-state index contributed by atoms with van der Waals surface area (Å²) in [6.07, 6.45) is 5.03. The lowest BCUT2D eigenvalue weighted by atomic mass is 9.98. The lowest BCUT2D eigenvalue weighted by Gasteiger charge is -2.32. The molecule has 1 saturated carbocycles. The van der Waals surface area contributed by atoms with Crippen LogP contribution in [0.25, 0.3) is 0 Å². The van der Waals surface area contributed by atoms with Crippen LogP contribution in [0.4, 0.5) is 0 Å². The van der Waals surface area contributed by atoms with Crippen LogP contribution in [0.2, 0.25) is 0 Å². The molecule has 4 nitrogen and oxygen atoms in total. The monoisotopic (exact) mass is 316 g/mol. The average molecular weight is 316 g/mol. The molecule has 1 saturated heterocycles. The summed E-state index contributed by atoms with van der Waals surface area (Å²) in [4.78, 5) is 16.8. The van der Waals surface area contributed by atoms with Gasteiger partial charge in [0.1, 0.15) is 5.75 Å². The van der Waals surface area contributed by atoms with Gasteiger partial charge in [0, 0.05) is 25.7 Å². The first-order valence-corrected chi connectivity index (χ1v) is 8.78. The third-order valence-corrected chi connectivity index (χ3v) is 4.88. The van der Waals surface area contributed by atoms with Gasteiger partial charge in [0.25, 0.3) is 5.91 Å². The van der Waals surface area contributed by atoms with Crippen molar-refractivity contribution in [3.63, 3.8) is 0 Å². The summed E-state index contributed by atoms with van der Waals surface area (Å²) in [5.74, 6) is 2.30. The van der Waals surface area contributed by atoms with E-state index in [1.54, 1.807) is 0 Å². The molecule has 1 aromatic carbocycles. The molecule has 4 heteroatoms. The second-order valence-electron chi connectivity index (χ2n) is 7.23. The number of carbonyl (C=O) groups excluding carboxylic acids is 1. The molecular formula is C19H28N2O2. The predicted molar refractivity (Wildman–Crippen MR) is 91.8 cm³/mol. The van der Waals surface area contributed by atoms with Crippen molar-refractivity contribution in [3.8, 4) is 5.75 Å². The molecule has 2 aliphatic rings. The summed E-state index contributed by atoms with van der Waals surface area (Å²) < 4.78 is 5.73. The molecule has 1 heterocycles. The molecule has 1 aliphatic heterocycles. The van der Waals surface area contributed by atoms with Crippen LogP contribution in [-0.2, 0) is 0 Å². The Hall–Kier alpha value is -1.55. The molecule has 0 N–H and O–H groups in total. The number of rotatable bonds is 6. The van der Waals surface area contributed by atoms with Crippen LogP contribution in [0.15, 0.2) is 24.3 Å². The molecule has 1 atom stereocenters.